The maximum atomic E-state index is 13.9. The first-order valence-electron chi connectivity index (χ1n) is 5.44. The number of hydrogen-bond acceptors (Lipinski definition) is 0. The Morgan fingerprint density at radius 1 is 1.05 bits per heavy atom. The van der Waals surface area contributed by atoms with Crippen molar-refractivity contribution < 1.29 is 8.78 Å². The highest BCUT2D eigenvalue weighted by molar-refractivity contribution is 14.1. The van der Waals surface area contributed by atoms with Crippen molar-refractivity contribution >= 4 is 54.5 Å². The standard InChI is InChI=1S/C14H9Br2F2I/c1-7-4-9(12(18)6-11(7)17)14(16)10-5-8(15)2-3-13(10)19/h2-6,14H,1H3. The average Bonchev–Trinajstić information content (AvgIpc) is 2.36. The molecule has 2 aromatic carbocycles. The van der Waals surface area contributed by atoms with Crippen LogP contribution in [0.2, 0.25) is 0 Å². The third-order valence-electron chi connectivity index (χ3n) is 2.78. The Hall–Kier alpha value is -0.0100. The second-order valence-corrected chi connectivity index (χ2v) is 7.14. The molecule has 2 aromatic rings. The average molecular weight is 502 g/mol. The third kappa shape index (κ3) is 3.36. The molecule has 0 spiro atoms. The predicted molar refractivity (Wildman–Crippen MR) is 88.7 cm³/mol. The first-order chi connectivity index (χ1) is 8.90. The third-order valence-corrected chi connectivity index (χ3v) is 5.24. The van der Waals surface area contributed by atoms with Gasteiger partial charge < -0.3 is 0 Å². The maximum absolute atomic E-state index is 13.9. The molecule has 2 rings (SSSR count). The lowest BCUT2D eigenvalue weighted by Gasteiger charge is -2.15. The molecule has 5 heteroatoms. The summed E-state index contributed by atoms with van der Waals surface area (Å²) in [5.41, 5.74) is 1.82. The zero-order valence-corrected chi connectivity index (χ0v) is 15.2. The van der Waals surface area contributed by atoms with Crippen LogP contribution in [-0.2, 0) is 0 Å². The summed E-state index contributed by atoms with van der Waals surface area (Å²) in [6.07, 6.45) is 0. The van der Waals surface area contributed by atoms with Gasteiger partial charge in [0.15, 0.2) is 0 Å². The minimum atomic E-state index is -0.541. The molecule has 0 bridgehead atoms. The van der Waals surface area contributed by atoms with Gasteiger partial charge in [0.1, 0.15) is 11.6 Å². The Kier molecular flexibility index (Phi) is 5.00. The molecule has 0 saturated carbocycles. The zero-order chi connectivity index (χ0) is 14.2. The second-order valence-electron chi connectivity index (χ2n) is 4.15. The van der Waals surface area contributed by atoms with Crippen molar-refractivity contribution in [1.29, 1.82) is 0 Å². The number of aryl methyl sites for hydroxylation is 1. The lowest BCUT2D eigenvalue weighted by molar-refractivity contribution is 0.569. The van der Waals surface area contributed by atoms with Gasteiger partial charge >= 0.3 is 0 Å². The molecule has 0 aliphatic rings. The summed E-state index contributed by atoms with van der Waals surface area (Å²) in [6, 6.07) is 8.28. The highest BCUT2D eigenvalue weighted by atomic mass is 127. The minimum absolute atomic E-state index is 0.309. The Bertz CT molecular complexity index is 629. The lowest BCUT2D eigenvalue weighted by atomic mass is 10.0. The summed E-state index contributed by atoms with van der Waals surface area (Å²) in [5.74, 6) is -1.06. The van der Waals surface area contributed by atoms with Gasteiger partial charge in [-0.3, -0.25) is 0 Å². The highest BCUT2D eigenvalue weighted by Crippen LogP contribution is 2.37. The lowest BCUT2D eigenvalue weighted by Crippen LogP contribution is -2.01. The van der Waals surface area contributed by atoms with Crippen molar-refractivity contribution in [1.82, 2.24) is 0 Å². The van der Waals surface area contributed by atoms with Gasteiger partial charge in [-0.2, -0.15) is 0 Å². The number of halogens is 5. The van der Waals surface area contributed by atoms with E-state index >= 15 is 0 Å². The fourth-order valence-corrected chi connectivity index (χ4v) is 3.93. The smallest absolute Gasteiger partial charge is 0.130 e. The van der Waals surface area contributed by atoms with Crippen LogP contribution in [0.15, 0.2) is 34.8 Å². The van der Waals surface area contributed by atoms with E-state index in [0.717, 1.165) is 19.7 Å². The molecule has 100 valence electrons. The molecule has 0 N–H and O–H groups in total. The van der Waals surface area contributed by atoms with E-state index in [0.29, 0.717) is 11.1 Å². The van der Waals surface area contributed by atoms with E-state index in [1.807, 2.05) is 18.2 Å². The summed E-state index contributed by atoms with van der Waals surface area (Å²) >= 11 is 9.10. The molecule has 0 fully saturated rings. The van der Waals surface area contributed by atoms with Gasteiger partial charge in [0.2, 0.25) is 0 Å². The van der Waals surface area contributed by atoms with Crippen LogP contribution < -0.4 is 0 Å². The normalized spacial score (nSPS) is 12.5. The SMILES string of the molecule is Cc1cc(C(Br)c2cc(Br)ccc2I)c(F)cc1F. The van der Waals surface area contributed by atoms with Crippen molar-refractivity contribution in [3.63, 3.8) is 0 Å². The van der Waals surface area contributed by atoms with Gasteiger partial charge in [-0.05, 0) is 64.9 Å². The van der Waals surface area contributed by atoms with E-state index in [1.165, 1.54) is 0 Å². The van der Waals surface area contributed by atoms with Crippen LogP contribution in [0.4, 0.5) is 8.78 Å². The van der Waals surface area contributed by atoms with Crippen LogP contribution in [0.5, 0.6) is 0 Å². The summed E-state index contributed by atoms with van der Waals surface area (Å²) in [4.78, 5) is -0.309. The molecular weight excluding hydrogens is 493 g/mol. The van der Waals surface area contributed by atoms with Crippen LogP contribution in [-0.4, -0.2) is 0 Å². The van der Waals surface area contributed by atoms with E-state index in [4.69, 9.17) is 0 Å². The van der Waals surface area contributed by atoms with Crippen LogP contribution in [0.1, 0.15) is 21.5 Å². The molecular formula is C14H9Br2F2I. The first-order valence-corrected chi connectivity index (χ1v) is 8.23. The van der Waals surface area contributed by atoms with Gasteiger partial charge in [0, 0.05) is 19.7 Å². The van der Waals surface area contributed by atoms with Gasteiger partial charge in [0.25, 0.3) is 0 Å². The molecule has 0 aliphatic carbocycles. The van der Waals surface area contributed by atoms with Crippen molar-refractivity contribution in [3.8, 4) is 0 Å². The van der Waals surface area contributed by atoms with Crippen LogP contribution in [0.25, 0.3) is 0 Å². The summed E-state index contributed by atoms with van der Waals surface area (Å²) in [6.45, 7) is 1.63. The molecule has 19 heavy (non-hydrogen) atoms. The van der Waals surface area contributed by atoms with Crippen molar-refractivity contribution in [3.05, 3.63) is 66.7 Å². The molecule has 1 atom stereocenters. The molecule has 0 radical (unpaired) electrons. The van der Waals surface area contributed by atoms with Crippen LogP contribution in [0, 0.1) is 22.1 Å². The van der Waals surface area contributed by atoms with Crippen molar-refractivity contribution in [2.75, 3.05) is 0 Å². The Morgan fingerprint density at radius 3 is 2.42 bits per heavy atom. The topological polar surface area (TPSA) is 0 Å². The zero-order valence-electron chi connectivity index (χ0n) is 9.85. The molecule has 1 unspecified atom stereocenters. The van der Waals surface area contributed by atoms with Gasteiger partial charge in [-0.1, -0.05) is 31.9 Å². The van der Waals surface area contributed by atoms with E-state index in [2.05, 4.69) is 54.5 Å². The molecule has 0 nitrogen and oxygen atoms in total. The minimum Gasteiger partial charge on any atom is -0.207 e. The highest BCUT2D eigenvalue weighted by Gasteiger charge is 2.19. The number of alkyl halides is 1. The summed E-state index contributed by atoms with van der Waals surface area (Å²) < 4.78 is 29.2. The van der Waals surface area contributed by atoms with Gasteiger partial charge in [-0.25, -0.2) is 8.78 Å². The number of rotatable bonds is 2. The number of hydrogen-bond donors (Lipinski definition) is 0. The van der Waals surface area contributed by atoms with Gasteiger partial charge in [0.05, 0.1) is 4.83 Å². The first kappa shape index (κ1) is 15.4. The molecule has 0 saturated heterocycles. The molecule has 0 aromatic heterocycles. The fraction of sp³-hybridized carbons (Fsp3) is 0.143. The van der Waals surface area contributed by atoms with Crippen molar-refractivity contribution in [2.45, 2.75) is 11.8 Å². The molecule has 0 amide bonds. The summed E-state index contributed by atoms with van der Waals surface area (Å²) in [7, 11) is 0. The van der Waals surface area contributed by atoms with E-state index < -0.39 is 11.6 Å². The Balaban J connectivity index is 2.52. The van der Waals surface area contributed by atoms with Crippen LogP contribution >= 0.6 is 54.5 Å². The Morgan fingerprint density at radius 2 is 1.74 bits per heavy atom. The largest absolute Gasteiger partial charge is 0.207 e. The van der Waals surface area contributed by atoms with Crippen LogP contribution in [0.3, 0.4) is 0 Å². The van der Waals surface area contributed by atoms with E-state index in [9.17, 15) is 8.78 Å². The molecule has 0 aliphatic heterocycles. The quantitative estimate of drug-likeness (QED) is 0.343. The Labute approximate surface area is 141 Å². The predicted octanol–water partition coefficient (Wildman–Crippen LogP) is 6.12. The summed E-state index contributed by atoms with van der Waals surface area (Å²) in [5, 5.41) is 0. The fourth-order valence-electron chi connectivity index (χ4n) is 1.75. The van der Waals surface area contributed by atoms with E-state index in [1.54, 1.807) is 13.0 Å². The monoisotopic (exact) mass is 500 g/mol. The van der Waals surface area contributed by atoms with Crippen molar-refractivity contribution in [2.24, 2.45) is 0 Å². The number of benzene rings is 2. The van der Waals surface area contributed by atoms with E-state index in [-0.39, 0.29) is 4.83 Å². The second kappa shape index (κ2) is 6.18. The van der Waals surface area contributed by atoms with Gasteiger partial charge in [-0.15, -0.1) is 0 Å². The molecule has 0 heterocycles. The maximum Gasteiger partial charge on any atom is 0.130 e.